The zero-order chi connectivity index (χ0) is 17.8. The molecule has 0 aliphatic carbocycles. The first-order valence-electron chi connectivity index (χ1n) is 8.08. The van der Waals surface area contributed by atoms with Gasteiger partial charge in [-0.3, -0.25) is 0 Å². The monoisotopic (exact) mass is 345 g/mol. The topological polar surface area (TPSA) is 79.7 Å². The van der Waals surface area contributed by atoms with Crippen LogP contribution in [-0.2, 0) is 0 Å². The van der Waals surface area contributed by atoms with Crippen LogP contribution < -0.4 is 24.2 Å². The van der Waals surface area contributed by atoms with Gasteiger partial charge in [-0.2, -0.15) is 15.0 Å². The van der Waals surface area contributed by atoms with E-state index in [9.17, 15) is 0 Å². The van der Waals surface area contributed by atoms with Gasteiger partial charge in [0.15, 0.2) is 0 Å². The Morgan fingerprint density at radius 3 is 1.96 bits per heavy atom. The molecule has 0 N–H and O–H groups in total. The van der Waals surface area contributed by atoms with Gasteiger partial charge >= 0.3 is 0 Å². The van der Waals surface area contributed by atoms with E-state index in [1.807, 2.05) is 25.1 Å². The first-order valence-corrected chi connectivity index (χ1v) is 8.08. The third kappa shape index (κ3) is 3.81. The Hall–Kier alpha value is -2.84. The molecule has 9 heteroatoms. The number of anilines is 3. The van der Waals surface area contributed by atoms with Gasteiger partial charge in [0.2, 0.25) is 23.7 Å². The number of methoxy groups -OCH3 is 2. The molecule has 1 aliphatic rings. The quantitative estimate of drug-likeness (QED) is 0.777. The molecule has 0 amide bonds. The Kier molecular flexibility index (Phi) is 5.01. The van der Waals surface area contributed by atoms with Crippen molar-refractivity contribution in [1.82, 2.24) is 19.9 Å². The van der Waals surface area contributed by atoms with E-state index in [2.05, 4.69) is 29.7 Å². The lowest BCUT2D eigenvalue weighted by Gasteiger charge is -2.35. The smallest absolute Gasteiger partial charge is 0.232 e. The molecule has 0 atom stereocenters. The predicted octanol–water partition coefficient (Wildman–Crippen LogP) is 0.676. The van der Waals surface area contributed by atoms with E-state index in [1.165, 1.54) is 0 Å². The van der Waals surface area contributed by atoms with E-state index < -0.39 is 0 Å². The van der Waals surface area contributed by atoms with Crippen LogP contribution in [0.1, 0.15) is 0 Å². The summed E-state index contributed by atoms with van der Waals surface area (Å²) in [6.45, 7) is 3.12. The van der Waals surface area contributed by atoms with Crippen LogP contribution in [0.25, 0.3) is 0 Å². The maximum absolute atomic E-state index is 5.22. The maximum Gasteiger partial charge on any atom is 0.232 e. The summed E-state index contributed by atoms with van der Waals surface area (Å²) in [6.07, 6.45) is 1.79. The fourth-order valence-corrected chi connectivity index (χ4v) is 2.59. The van der Waals surface area contributed by atoms with Crippen LogP contribution >= 0.6 is 0 Å². The minimum absolute atomic E-state index is 0.492. The van der Waals surface area contributed by atoms with E-state index >= 15 is 0 Å². The molecule has 2 aromatic rings. The molecule has 134 valence electrons. The molecule has 9 nitrogen and oxygen atoms in total. The molecule has 3 rings (SSSR count). The molecule has 0 saturated carbocycles. The molecular formula is C16H23N7O2. The Morgan fingerprint density at radius 1 is 0.880 bits per heavy atom. The standard InChI is InChI=1S/C16H23N7O2/c1-21(2)12-5-6-17-15(18-12)22-7-9-23(10-8-22)16-19-13(24-3)11-14(20-16)25-4/h5-6,11H,7-10H2,1-4H3. The molecular weight excluding hydrogens is 322 g/mol. The fourth-order valence-electron chi connectivity index (χ4n) is 2.59. The average Bonchev–Trinajstić information content (AvgIpc) is 2.67. The molecule has 0 radical (unpaired) electrons. The van der Waals surface area contributed by atoms with Crippen molar-refractivity contribution in [2.24, 2.45) is 0 Å². The highest BCUT2D eigenvalue weighted by Gasteiger charge is 2.22. The molecule has 2 aromatic heterocycles. The van der Waals surface area contributed by atoms with Crippen LogP contribution in [0.2, 0.25) is 0 Å². The van der Waals surface area contributed by atoms with Gasteiger partial charge in [0.1, 0.15) is 5.82 Å². The van der Waals surface area contributed by atoms with Crippen LogP contribution in [0.5, 0.6) is 11.8 Å². The van der Waals surface area contributed by atoms with Crippen molar-refractivity contribution in [2.45, 2.75) is 0 Å². The number of ether oxygens (including phenoxy) is 2. The molecule has 0 unspecified atom stereocenters. The van der Waals surface area contributed by atoms with Crippen LogP contribution in [0.3, 0.4) is 0 Å². The Labute approximate surface area is 147 Å². The molecule has 25 heavy (non-hydrogen) atoms. The van der Waals surface area contributed by atoms with E-state index in [-0.39, 0.29) is 0 Å². The first-order chi connectivity index (χ1) is 12.1. The van der Waals surface area contributed by atoms with Crippen molar-refractivity contribution in [3.63, 3.8) is 0 Å². The Bertz CT molecular complexity index is 695. The highest BCUT2D eigenvalue weighted by atomic mass is 16.5. The van der Waals surface area contributed by atoms with Crippen LogP contribution in [0, 0.1) is 0 Å². The summed E-state index contributed by atoms with van der Waals surface area (Å²) in [4.78, 5) is 24.1. The van der Waals surface area contributed by atoms with E-state index in [0.29, 0.717) is 17.7 Å². The van der Waals surface area contributed by atoms with Gasteiger partial charge in [0.05, 0.1) is 20.3 Å². The van der Waals surface area contributed by atoms with Gasteiger partial charge in [0.25, 0.3) is 0 Å². The highest BCUT2D eigenvalue weighted by molar-refractivity contribution is 5.45. The molecule has 1 aliphatic heterocycles. The summed E-state index contributed by atoms with van der Waals surface area (Å²) < 4.78 is 10.4. The summed E-state index contributed by atoms with van der Waals surface area (Å²) in [5.74, 6) is 3.24. The lowest BCUT2D eigenvalue weighted by molar-refractivity contribution is 0.371. The van der Waals surface area contributed by atoms with Gasteiger partial charge in [-0.05, 0) is 6.07 Å². The van der Waals surface area contributed by atoms with Gasteiger partial charge in [-0.25, -0.2) is 4.98 Å². The lowest BCUT2D eigenvalue weighted by atomic mass is 10.3. The summed E-state index contributed by atoms with van der Waals surface area (Å²) in [5, 5.41) is 0. The summed E-state index contributed by atoms with van der Waals surface area (Å²) >= 11 is 0. The van der Waals surface area contributed by atoms with Crippen molar-refractivity contribution in [1.29, 1.82) is 0 Å². The predicted molar refractivity (Wildman–Crippen MR) is 95.9 cm³/mol. The summed E-state index contributed by atoms with van der Waals surface area (Å²) in [7, 11) is 7.10. The SMILES string of the molecule is COc1cc(OC)nc(N2CCN(c3nccc(N(C)C)n3)CC2)n1. The first kappa shape index (κ1) is 17.0. The third-order valence-electron chi connectivity index (χ3n) is 4.02. The van der Waals surface area contributed by atoms with E-state index in [0.717, 1.165) is 37.9 Å². The number of nitrogens with zero attached hydrogens (tertiary/aromatic N) is 7. The van der Waals surface area contributed by atoms with Gasteiger partial charge in [-0.1, -0.05) is 0 Å². The summed E-state index contributed by atoms with van der Waals surface area (Å²) in [6, 6.07) is 3.57. The Morgan fingerprint density at radius 2 is 1.44 bits per heavy atom. The lowest BCUT2D eigenvalue weighted by Crippen LogP contribution is -2.47. The van der Waals surface area contributed by atoms with Crippen molar-refractivity contribution in [2.75, 3.05) is 69.2 Å². The van der Waals surface area contributed by atoms with E-state index in [4.69, 9.17) is 9.47 Å². The van der Waals surface area contributed by atoms with Crippen LogP contribution in [0.4, 0.5) is 17.7 Å². The highest BCUT2D eigenvalue weighted by Crippen LogP contribution is 2.22. The zero-order valence-electron chi connectivity index (χ0n) is 15.0. The van der Waals surface area contributed by atoms with Crippen LogP contribution in [-0.4, -0.2) is 74.4 Å². The maximum atomic E-state index is 5.22. The van der Waals surface area contributed by atoms with Gasteiger partial charge in [0, 0.05) is 46.5 Å². The largest absolute Gasteiger partial charge is 0.481 e. The van der Waals surface area contributed by atoms with Crippen LogP contribution in [0.15, 0.2) is 18.3 Å². The number of hydrogen-bond donors (Lipinski definition) is 0. The number of piperazine rings is 1. The number of hydrogen-bond acceptors (Lipinski definition) is 9. The van der Waals surface area contributed by atoms with Crippen molar-refractivity contribution in [3.05, 3.63) is 18.3 Å². The van der Waals surface area contributed by atoms with Crippen molar-refractivity contribution in [3.8, 4) is 11.8 Å². The van der Waals surface area contributed by atoms with Crippen molar-refractivity contribution >= 4 is 17.7 Å². The normalized spacial score (nSPS) is 14.4. The molecule has 1 saturated heterocycles. The minimum Gasteiger partial charge on any atom is -0.481 e. The molecule has 1 fully saturated rings. The second-order valence-electron chi connectivity index (χ2n) is 5.84. The molecule has 3 heterocycles. The second kappa shape index (κ2) is 7.37. The third-order valence-corrected chi connectivity index (χ3v) is 4.02. The number of aromatic nitrogens is 4. The zero-order valence-corrected chi connectivity index (χ0v) is 15.0. The molecule has 0 spiro atoms. The van der Waals surface area contributed by atoms with Crippen molar-refractivity contribution < 1.29 is 9.47 Å². The molecule has 0 bridgehead atoms. The second-order valence-corrected chi connectivity index (χ2v) is 5.84. The molecule has 0 aromatic carbocycles. The van der Waals surface area contributed by atoms with Gasteiger partial charge in [-0.15, -0.1) is 0 Å². The summed E-state index contributed by atoms with van der Waals surface area (Å²) in [5.41, 5.74) is 0. The number of rotatable bonds is 5. The Balaban J connectivity index is 1.71. The minimum atomic E-state index is 0.492. The van der Waals surface area contributed by atoms with Gasteiger partial charge < -0.3 is 24.2 Å². The fraction of sp³-hybridized carbons (Fsp3) is 0.500. The average molecular weight is 345 g/mol. The van der Waals surface area contributed by atoms with E-state index in [1.54, 1.807) is 26.5 Å².